The number of nitrogens with zero attached hydrogens (tertiary/aromatic N) is 1. The average molecular weight is 264 g/mol. The molecule has 0 amide bonds. The molecule has 0 bridgehead atoms. The number of nitrogen functional groups attached to an aromatic ring is 1. The smallest absolute Gasteiger partial charge is 0.164 e. The summed E-state index contributed by atoms with van der Waals surface area (Å²) < 4.78 is 26.9. The Bertz CT molecular complexity index is 600. The van der Waals surface area contributed by atoms with Crippen molar-refractivity contribution in [2.24, 2.45) is 0 Å². The number of aliphatic hydroxyl groups is 1. The van der Waals surface area contributed by atoms with E-state index in [1.54, 1.807) is 12.1 Å². The van der Waals surface area contributed by atoms with Crippen molar-refractivity contribution in [3.8, 4) is 0 Å². The Labute approximate surface area is 109 Å². The van der Waals surface area contributed by atoms with E-state index in [0.29, 0.717) is 11.4 Å². The minimum Gasteiger partial charge on any atom is -0.385 e. The van der Waals surface area contributed by atoms with Gasteiger partial charge in [0.1, 0.15) is 5.82 Å². The number of hydrogen-bond donors (Lipinski definition) is 2. The fourth-order valence-electron chi connectivity index (χ4n) is 2.02. The van der Waals surface area contributed by atoms with E-state index in [-0.39, 0.29) is 12.0 Å². The summed E-state index contributed by atoms with van der Waals surface area (Å²) >= 11 is 0. The van der Waals surface area contributed by atoms with E-state index in [1.807, 2.05) is 0 Å². The quantitative estimate of drug-likeness (QED) is 0.895. The first-order chi connectivity index (χ1) is 8.90. The minimum atomic E-state index is -1.53. The summed E-state index contributed by atoms with van der Waals surface area (Å²) in [5.41, 5.74) is 4.63. The van der Waals surface area contributed by atoms with Crippen LogP contribution in [0.4, 0.5) is 14.6 Å². The van der Waals surface area contributed by atoms with Crippen molar-refractivity contribution in [1.29, 1.82) is 0 Å². The van der Waals surface area contributed by atoms with Crippen LogP contribution >= 0.6 is 0 Å². The van der Waals surface area contributed by atoms with Gasteiger partial charge in [0.15, 0.2) is 11.6 Å². The van der Waals surface area contributed by atoms with Crippen LogP contribution in [-0.2, 0) is 12.0 Å². The molecule has 1 unspecified atom stereocenters. The Morgan fingerprint density at radius 3 is 2.74 bits per heavy atom. The molecule has 0 radical (unpaired) electrons. The molecule has 0 saturated heterocycles. The topological polar surface area (TPSA) is 59.1 Å². The Morgan fingerprint density at radius 2 is 2.05 bits per heavy atom. The van der Waals surface area contributed by atoms with Gasteiger partial charge in [-0.1, -0.05) is 12.1 Å². The zero-order valence-electron chi connectivity index (χ0n) is 10.4. The van der Waals surface area contributed by atoms with Gasteiger partial charge in [-0.2, -0.15) is 0 Å². The van der Waals surface area contributed by atoms with Crippen molar-refractivity contribution in [1.82, 2.24) is 4.98 Å². The first-order valence-electron chi connectivity index (χ1n) is 5.77. The summed E-state index contributed by atoms with van der Waals surface area (Å²) in [7, 11) is 0. The molecule has 2 rings (SSSR count). The van der Waals surface area contributed by atoms with Crippen LogP contribution in [0.15, 0.2) is 36.5 Å². The lowest BCUT2D eigenvalue weighted by Crippen LogP contribution is -2.26. The van der Waals surface area contributed by atoms with Gasteiger partial charge in [0.05, 0.1) is 5.60 Å². The lowest BCUT2D eigenvalue weighted by molar-refractivity contribution is 0.0530. The standard InChI is InChI=1S/C14H14F2N2O/c1-14(19,8-9-5-6-18-12(17)7-9)10-3-2-4-11(15)13(10)16/h2-7,19H,8H2,1H3,(H2,17,18). The first-order valence-corrected chi connectivity index (χ1v) is 5.77. The van der Waals surface area contributed by atoms with Crippen LogP contribution in [0.3, 0.4) is 0 Å². The molecule has 2 aromatic rings. The summed E-state index contributed by atoms with van der Waals surface area (Å²) in [6.07, 6.45) is 1.61. The minimum absolute atomic E-state index is 0.0807. The normalized spacial score (nSPS) is 14.1. The van der Waals surface area contributed by atoms with Crippen molar-refractivity contribution in [3.05, 3.63) is 59.3 Å². The highest BCUT2D eigenvalue weighted by molar-refractivity contribution is 5.34. The molecule has 0 saturated carbocycles. The Kier molecular flexibility index (Phi) is 3.48. The second-order valence-corrected chi connectivity index (χ2v) is 4.64. The van der Waals surface area contributed by atoms with Gasteiger partial charge in [0, 0.05) is 18.2 Å². The maximum absolute atomic E-state index is 13.7. The molecule has 100 valence electrons. The molecule has 1 aromatic carbocycles. The molecule has 1 aromatic heterocycles. The summed E-state index contributed by atoms with van der Waals surface area (Å²) in [5.74, 6) is -1.70. The number of hydrogen-bond acceptors (Lipinski definition) is 3. The fraction of sp³-hybridized carbons (Fsp3) is 0.214. The highest BCUT2D eigenvalue weighted by atomic mass is 19.2. The lowest BCUT2D eigenvalue weighted by atomic mass is 9.89. The number of aromatic nitrogens is 1. The van der Waals surface area contributed by atoms with E-state index in [1.165, 1.54) is 25.3 Å². The van der Waals surface area contributed by atoms with Crippen LogP contribution < -0.4 is 5.73 Å². The fourth-order valence-corrected chi connectivity index (χ4v) is 2.02. The summed E-state index contributed by atoms with van der Waals surface area (Å²) in [5, 5.41) is 10.4. The zero-order chi connectivity index (χ0) is 14.0. The number of halogens is 2. The third kappa shape index (κ3) is 2.88. The number of pyridine rings is 1. The highest BCUT2D eigenvalue weighted by Gasteiger charge is 2.28. The van der Waals surface area contributed by atoms with Crippen molar-refractivity contribution in [3.63, 3.8) is 0 Å². The summed E-state index contributed by atoms with van der Waals surface area (Å²) in [6, 6.07) is 7.00. The van der Waals surface area contributed by atoms with Gasteiger partial charge in [-0.3, -0.25) is 0 Å². The molecule has 3 N–H and O–H groups in total. The van der Waals surface area contributed by atoms with Crippen molar-refractivity contribution >= 4 is 5.82 Å². The van der Waals surface area contributed by atoms with Gasteiger partial charge in [0.25, 0.3) is 0 Å². The van der Waals surface area contributed by atoms with Crippen molar-refractivity contribution in [2.75, 3.05) is 5.73 Å². The largest absolute Gasteiger partial charge is 0.385 e. The van der Waals surface area contributed by atoms with E-state index in [2.05, 4.69) is 4.98 Å². The Morgan fingerprint density at radius 1 is 1.32 bits per heavy atom. The molecular weight excluding hydrogens is 250 g/mol. The molecule has 0 aliphatic heterocycles. The van der Waals surface area contributed by atoms with Crippen molar-refractivity contribution < 1.29 is 13.9 Å². The average Bonchev–Trinajstić information content (AvgIpc) is 2.32. The Hall–Kier alpha value is -2.01. The van der Waals surface area contributed by atoms with E-state index >= 15 is 0 Å². The molecule has 1 heterocycles. The number of nitrogens with two attached hydrogens (primary N) is 1. The molecule has 0 aliphatic carbocycles. The lowest BCUT2D eigenvalue weighted by Gasteiger charge is -2.24. The molecular formula is C14H14F2N2O. The van der Waals surface area contributed by atoms with Crippen LogP contribution in [0.25, 0.3) is 0 Å². The number of rotatable bonds is 3. The van der Waals surface area contributed by atoms with Gasteiger partial charge >= 0.3 is 0 Å². The third-order valence-corrected chi connectivity index (χ3v) is 2.93. The van der Waals surface area contributed by atoms with E-state index in [4.69, 9.17) is 5.73 Å². The number of anilines is 1. The second-order valence-electron chi connectivity index (χ2n) is 4.64. The summed E-state index contributed by atoms with van der Waals surface area (Å²) in [6.45, 7) is 1.43. The Balaban J connectivity index is 2.34. The molecule has 1 atom stereocenters. The molecule has 3 nitrogen and oxygen atoms in total. The maximum Gasteiger partial charge on any atom is 0.164 e. The predicted molar refractivity (Wildman–Crippen MR) is 68.3 cm³/mol. The maximum atomic E-state index is 13.7. The van der Waals surface area contributed by atoms with Crippen LogP contribution in [-0.4, -0.2) is 10.1 Å². The van der Waals surface area contributed by atoms with Gasteiger partial charge in [-0.25, -0.2) is 13.8 Å². The third-order valence-electron chi connectivity index (χ3n) is 2.93. The van der Waals surface area contributed by atoms with Gasteiger partial charge in [-0.15, -0.1) is 0 Å². The van der Waals surface area contributed by atoms with E-state index in [0.717, 1.165) is 6.07 Å². The molecule has 19 heavy (non-hydrogen) atoms. The van der Waals surface area contributed by atoms with E-state index < -0.39 is 17.2 Å². The molecule has 5 heteroatoms. The van der Waals surface area contributed by atoms with Crippen LogP contribution in [0.2, 0.25) is 0 Å². The second kappa shape index (κ2) is 4.93. The summed E-state index contributed by atoms with van der Waals surface area (Å²) in [4.78, 5) is 3.84. The number of benzene rings is 1. The van der Waals surface area contributed by atoms with Crippen LogP contribution in [0.5, 0.6) is 0 Å². The van der Waals surface area contributed by atoms with Crippen LogP contribution in [0, 0.1) is 11.6 Å². The first kappa shape index (κ1) is 13.4. The van der Waals surface area contributed by atoms with Gasteiger partial charge in [0.2, 0.25) is 0 Å². The van der Waals surface area contributed by atoms with Gasteiger partial charge in [-0.05, 0) is 30.7 Å². The molecule has 0 fully saturated rings. The SMILES string of the molecule is CC(O)(Cc1ccnc(N)c1)c1cccc(F)c1F. The predicted octanol–water partition coefficient (Wildman–Crippen LogP) is 2.39. The van der Waals surface area contributed by atoms with Gasteiger partial charge < -0.3 is 10.8 Å². The monoisotopic (exact) mass is 264 g/mol. The highest BCUT2D eigenvalue weighted by Crippen LogP contribution is 2.28. The molecule has 0 aliphatic rings. The zero-order valence-corrected chi connectivity index (χ0v) is 10.4. The van der Waals surface area contributed by atoms with E-state index in [9.17, 15) is 13.9 Å². The van der Waals surface area contributed by atoms with Crippen molar-refractivity contribution in [2.45, 2.75) is 18.9 Å². The molecule has 0 spiro atoms. The van der Waals surface area contributed by atoms with Crippen LogP contribution in [0.1, 0.15) is 18.1 Å².